The molecule has 0 unspecified atom stereocenters. The van der Waals surface area contributed by atoms with Crippen molar-refractivity contribution in [2.45, 2.75) is 38.7 Å². The number of esters is 2. The average Bonchev–Trinajstić information content (AvgIpc) is 2.54. The van der Waals surface area contributed by atoms with Gasteiger partial charge in [-0.25, -0.2) is 4.39 Å². The van der Waals surface area contributed by atoms with Crippen LogP contribution in [0.25, 0.3) is 0 Å². The van der Waals surface area contributed by atoms with E-state index in [0.717, 1.165) is 0 Å². The molecule has 1 saturated carbocycles. The quantitative estimate of drug-likeness (QED) is 0.633. The predicted molar refractivity (Wildman–Crippen MR) is 89.6 cm³/mol. The average molecular weight is 366 g/mol. The van der Waals surface area contributed by atoms with E-state index in [2.05, 4.69) is 0 Å². The largest absolute Gasteiger partial charge is 0.466 e. The van der Waals surface area contributed by atoms with E-state index in [4.69, 9.17) is 9.47 Å². The van der Waals surface area contributed by atoms with Crippen LogP contribution in [0.5, 0.6) is 0 Å². The lowest BCUT2D eigenvalue weighted by atomic mass is 9.62. The number of hydrogen-bond donors (Lipinski definition) is 1. The lowest BCUT2D eigenvalue weighted by molar-refractivity contribution is -0.172. The van der Waals surface area contributed by atoms with Gasteiger partial charge in [0.25, 0.3) is 0 Å². The maximum absolute atomic E-state index is 13.3. The first-order valence-corrected chi connectivity index (χ1v) is 8.56. The van der Waals surface area contributed by atoms with Gasteiger partial charge in [0.1, 0.15) is 11.7 Å². The molecule has 1 aliphatic carbocycles. The lowest BCUT2D eigenvalue weighted by Gasteiger charge is -2.43. The number of carbonyl (C=O) groups is 3. The van der Waals surface area contributed by atoms with E-state index < -0.39 is 46.9 Å². The first-order valence-electron chi connectivity index (χ1n) is 8.56. The maximum Gasteiger partial charge on any atom is 0.317 e. The Morgan fingerprint density at radius 1 is 1.15 bits per heavy atom. The summed E-state index contributed by atoms with van der Waals surface area (Å²) in [6.45, 7) is 4.75. The summed E-state index contributed by atoms with van der Waals surface area (Å²) >= 11 is 0. The predicted octanol–water partition coefficient (Wildman–Crippen LogP) is 1.99. The molecule has 1 aliphatic rings. The fourth-order valence-corrected chi connectivity index (χ4v) is 3.56. The Balaban J connectivity index is 2.59. The Bertz CT molecular complexity index is 682. The molecule has 0 aliphatic heterocycles. The number of ether oxygens (including phenoxy) is 2. The summed E-state index contributed by atoms with van der Waals surface area (Å²) in [5.41, 5.74) is -1.32. The van der Waals surface area contributed by atoms with Crippen LogP contribution in [0.15, 0.2) is 24.3 Å². The van der Waals surface area contributed by atoms with Crippen LogP contribution in [-0.4, -0.2) is 41.6 Å². The molecule has 0 radical (unpaired) electrons. The molecule has 0 bridgehead atoms. The number of aliphatic hydroxyl groups is 1. The van der Waals surface area contributed by atoms with Gasteiger partial charge in [0, 0.05) is 12.3 Å². The molecular formula is C19H23FO6. The van der Waals surface area contributed by atoms with Crippen LogP contribution in [0.4, 0.5) is 4.39 Å². The minimum atomic E-state index is -1.70. The smallest absolute Gasteiger partial charge is 0.317 e. The normalized spacial score (nSPS) is 28.5. The van der Waals surface area contributed by atoms with Crippen molar-refractivity contribution in [1.29, 1.82) is 0 Å². The molecule has 0 saturated heterocycles. The van der Waals surface area contributed by atoms with E-state index in [0.29, 0.717) is 5.56 Å². The number of halogens is 1. The second-order valence-electron chi connectivity index (χ2n) is 6.54. The van der Waals surface area contributed by atoms with E-state index in [1.54, 1.807) is 13.8 Å². The van der Waals surface area contributed by atoms with E-state index in [1.165, 1.54) is 31.2 Å². The number of Topliss-reactive ketones (excluding diaryl/α,β-unsaturated/α-hetero) is 1. The number of hydrogen-bond acceptors (Lipinski definition) is 6. The molecule has 0 aromatic heterocycles. The summed E-state index contributed by atoms with van der Waals surface area (Å²) in [5, 5.41) is 10.8. The maximum atomic E-state index is 13.3. The molecule has 142 valence electrons. The van der Waals surface area contributed by atoms with Crippen molar-refractivity contribution in [3.8, 4) is 0 Å². The van der Waals surface area contributed by atoms with E-state index in [-0.39, 0.29) is 19.6 Å². The third-order valence-electron chi connectivity index (χ3n) is 4.60. The summed E-state index contributed by atoms with van der Waals surface area (Å²) in [5.74, 6) is -5.95. The van der Waals surface area contributed by atoms with Crippen LogP contribution in [-0.2, 0) is 23.9 Å². The van der Waals surface area contributed by atoms with Crippen molar-refractivity contribution in [3.63, 3.8) is 0 Å². The fraction of sp³-hybridized carbons (Fsp3) is 0.526. The minimum Gasteiger partial charge on any atom is -0.466 e. The lowest BCUT2D eigenvalue weighted by Crippen LogP contribution is -2.55. The molecule has 1 fully saturated rings. The highest BCUT2D eigenvalue weighted by Crippen LogP contribution is 2.46. The van der Waals surface area contributed by atoms with Gasteiger partial charge in [-0.1, -0.05) is 12.1 Å². The fourth-order valence-electron chi connectivity index (χ4n) is 3.56. The van der Waals surface area contributed by atoms with Gasteiger partial charge in [-0.3, -0.25) is 14.4 Å². The summed E-state index contributed by atoms with van der Waals surface area (Å²) < 4.78 is 23.4. The van der Waals surface area contributed by atoms with Gasteiger partial charge >= 0.3 is 11.9 Å². The number of rotatable bonds is 5. The first kappa shape index (κ1) is 20.0. The van der Waals surface area contributed by atoms with Gasteiger partial charge in [0.15, 0.2) is 5.78 Å². The van der Waals surface area contributed by atoms with Gasteiger partial charge in [0.2, 0.25) is 0 Å². The van der Waals surface area contributed by atoms with E-state index >= 15 is 0 Å². The van der Waals surface area contributed by atoms with Crippen molar-refractivity contribution in [1.82, 2.24) is 0 Å². The molecule has 26 heavy (non-hydrogen) atoms. The monoisotopic (exact) mass is 366 g/mol. The SMILES string of the molecule is CCOC(=O)[C@@H]1C(=O)C[C@](C)(O)[C@@H](C(=O)OCC)[C@@H]1c1ccc(F)cc1. The van der Waals surface area contributed by atoms with Crippen LogP contribution < -0.4 is 0 Å². The second kappa shape index (κ2) is 7.95. The first-order chi connectivity index (χ1) is 12.2. The molecule has 7 heteroatoms. The van der Waals surface area contributed by atoms with Crippen LogP contribution in [0, 0.1) is 17.7 Å². The molecule has 4 atom stereocenters. The summed E-state index contributed by atoms with van der Waals surface area (Å²) in [4.78, 5) is 37.6. The molecule has 0 amide bonds. The van der Waals surface area contributed by atoms with Gasteiger partial charge in [-0.15, -0.1) is 0 Å². The Morgan fingerprint density at radius 2 is 1.69 bits per heavy atom. The summed E-state index contributed by atoms with van der Waals surface area (Å²) in [6, 6.07) is 5.14. The Labute approximate surface area is 151 Å². The molecule has 6 nitrogen and oxygen atoms in total. The second-order valence-corrected chi connectivity index (χ2v) is 6.54. The molecule has 0 heterocycles. The van der Waals surface area contributed by atoms with Crippen LogP contribution in [0.2, 0.25) is 0 Å². The number of carbonyl (C=O) groups excluding carboxylic acids is 3. The van der Waals surface area contributed by atoms with Crippen molar-refractivity contribution in [2.24, 2.45) is 11.8 Å². The van der Waals surface area contributed by atoms with E-state index in [1.807, 2.05) is 0 Å². The zero-order chi connectivity index (χ0) is 19.5. The van der Waals surface area contributed by atoms with Crippen LogP contribution in [0.1, 0.15) is 38.7 Å². The molecule has 0 spiro atoms. The van der Waals surface area contributed by atoms with Crippen molar-refractivity contribution in [3.05, 3.63) is 35.6 Å². The van der Waals surface area contributed by atoms with Gasteiger partial charge in [-0.05, 0) is 38.5 Å². The summed E-state index contributed by atoms with van der Waals surface area (Å²) in [7, 11) is 0. The Kier molecular flexibility index (Phi) is 6.13. The van der Waals surface area contributed by atoms with Crippen molar-refractivity contribution in [2.75, 3.05) is 13.2 Å². The molecule has 1 aromatic rings. The number of ketones is 1. The highest BCUT2D eigenvalue weighted by atomic mass is 19.1. The molecule has 1 aromatic carbocycles. The van der Waals surface area contributed by atoms with Crippen molar-refractivity contribution < 1.29 is 33.4 Å². The Morgan fingerprint density at radius 3 is 2.23 bits per heavy atom. The highest BCUT2D eigenvalue weighted by Gasteiger charge is 2.57. The van der Waals surface area contributed by atoms with Crippen LogP contribution in [0.3, 0.4) is 0 Å². The number of benzene rings is 1. The van der Waals surface area contributed by atoms with Crippen molar-refractivity contribution >= 4 is 17.7 Å². The van der Waals surface area contributed by atoms with Crippen LogP contribution >= 0.6 is 0 Å². The van der Waals surface area contributed by atoms with Gasteiger partial charge in [0.05, 0.1) is 24.7 Å². The third-order valence-corrected chi connectivity index (χ3v) is 4.60. The van der Waals surface area contributed by atoms with E-state index in [9.17, 15) is 23.9 Å². The zero-order valence-electron chi connectivity index (χ0n) is 15.0. The van der Waals surface area contributed by atoms with Gasteiger partial charge < -0.3 is 14.6 Å². The molecule has 1 N–H and O–H groups in total. The van der Waals surface area contributed by atoms with Gasteiger partial charge in [-0.2, -0.15) is 0 Å². The third kappa shape index (κ3) is 3.93. The topological polar surface area (TPSA) is 89.9 Å². The highest BCUT2D eigenvalue weighted by molar-refractivity contribution is 6.02. The molecule has 2 rings (SSSR count). The molecular weight excluding hydrogens is 343 g/mol. The zero-order valence-corrected chi connectivity index (χ0v) is 15.0. The summed E-state index contributed by atoms with van der Waals surface area (Å²) in [6.07, 6.45) is -0.377. The minimum absolute atomic E-state index is 0.0687. The Hall–Kier alpha value is -2.28. The standard InChI is InChI=1S/C19H23FO6/c1-4-25-17(22)15-13(21)10-19(3,24)16(18(23)26-5-2)14(15)11-6-8-12(20)9-7-11/h6-9,14-16,24H,4-5,10H2,1-3H3/t14-,15-,16-,19+/m1/s1.